The van der Waals surface area contributed by atoms with E-state index in [0.717, 1.165) is 18.5 Å². The smallest absolute Gasteiger partial charge is 0.162 e. The normalized spacial score (nSPS) is 17.9. The number of benzene rings is 1. The Bertz CT molecular complexity index is 441. The molecule has 116 valence electrons. The number of likely N-dealkylation sites (N-methyl/N-ethyl adjacent to an activating group) is 1. The summed E-state index contributed by atoms with van der Waals surface area (Å²) in [6, 6.07) is 9.41. The van der Waals surface area contributed by atoms with Crippen molar-refractivity contribution in [3.63, 3.8) is 0 Å². The number of hydrogen-bond donors (Lipinski definition) is 1. The van der Waals surface area contributed by atoms with Crippen LogP contribution in [0.25, 0.3) is 0 Å². The van der Waals surface area contributed by atoms with Crippen LogP contribution in [0.5, 0.6) is 0 Å². The van der Waals surface area contributed by atoms with Crippen LogP contribution in [0.1, 0.15) is 36.0 Å². The Morgan fingerprint density at radius 1 is 1.29 bits per heavy atom. The first-order chi connectivity index (χ1) is 10.1. The molecule has 0 atom stereocenters. The molecule has 0 aromatic heterocycles. The Balaban J connectivity index is 1.69. The third kappa shape index (κ3) is 5.23. The van der Waals surface area contributed by atoms with Crippen molar-refractivity contribution in [3.8, 4) is 0 Å². The first-order valence-corrected chi connectivity index (χ1v) is 7.66. The molecule has 2 rings (SSSR count). The van der Waals surface area contributed by atoms with Crippen molar-refractivity contribution in [1.29, 1.82) is 0 Å². The van der Waals surface area contributed by atoms with Crippen LogP contribution in [-0.2, 0) is 4.74 Å². The minimum absolute atomic E-state index is 0.189. The van der Waals surface area contributed by atoms with Gasteiger partial charge in [0.1, 0.15) is 0 Å². The van der Waals surface area contributed by atoms with Gasteiger partial charge in [-0.25, -0.2) is 0 Å². The summed E-state index contributed by atoms with van der Waals surface area (Å²) in [5.74, 6) is 0.189. The van der Waals surface area contributed by atoms with Crippen LogP contribution in [0.2, 0.25) is 0 Å². The summed E-state index contributed by atoms with van der Waals surface area (Å²) < 4.78 is 5.28. The number of Topliss-reactive ketones (excluding diaryl/α,β-unsaturated/α-hetero) is 1. The molecule has 1 aromatic rings. The van der Waals surface area contributed by atoms with E-state index < -0.39 is 5.60 Å². The van der Waals surface area contributed by atoms with E-state index in [2.05, 4.69) is 4.90 Å². The number of nitrogens with zero attached hydrogens (tertiary/aromatic N) is 1. The van der Waals surface area contributed by atoms with Crippen molar-refractivity contribution >= 4 is 5.78 Å². The van der Waals surface area contributed by atoms with Gasteiger partial charge in [0.2, 0.25) is 0 Å². The van der Waals surface area contributed by atoms with Gasteiger partial charge in [-0.15, -0.1) is 0 Å². The predicted octanol–water partition coefficient (Wildman–Crippen LogP) is 2.12. The molecule has 1 N–H and O–H groups in total. The van der Waals surface area contributed by atoms with Gasteiger partial charge < -0.3 is 14.7 Å². The van der Waals surface area contributed by atoms with Crippen LogP contribution >= 0.6 is 0 Å². The zero-order valence-electron chi connectivity index (χ0n) is 12.8. The molecule has 1 heterocycles. The van der Waals surface area contributed by atoms with Crippen LogP contribution in [-0.4, -0.2) is 54.7 Å². The Hall–Kier alpha value is -1.23. The van der Waals surface area contributed by atoms with E-state index in [-0.39, 0.29) is 5.78 Å². The van der Waals surface area contributed by atoms with Gasteiger partial charge in [-0.2, -0.15) is 0 Å². The molecule has 0 unspecified atom stereocenters. The second kappa shape index (κ2) is 7.69. The Morgan fingerprint density at radius 3 is 2.62 bits per heavy atom. The third-order valence-electron chi connectivity index (χ3n) is 4.03. The molecule has 0 spiro atoms. The van der Waals surface area contributed by atoms with Gasteiger partial charge >= 0.3 is 0 Å². The summed E-state index contributed by atoms with van der Waals surface area (Å²) in [4.78, 5) is 14.1. The van der Waals surface area contributed by atoms with Gasteiger partial charge in [0.15, 0.2) is 5.78 Å². The lowest BCUT2D eigenvalue weighted by molar-refractivity contribution is -0.0768. The van der Waals surface area contributed by atoms with E-state index in [1.807, 2.05) is 37.4 Å². The highest BCUT2D eigenvalue weighted by atomic mass is 16.5. The average Bonchev–Trinajstić information content (AvgIpc) is 2.48. The predicted molar refractivity (Wildman–Crippen MR) is 82.5 cm³/mol. The van der Waals surface area contributed by atoms with Crippen LogP contribution in [0.15, 0.2) is 30.3 Å². The summed E-state index contributed by atoms with van der Waals surface area (Å²) in [5, 5.41) is 10.4. The van der Waals surface area contributed by atoms with Gasteiger partial charge in [0, 0.05) is 44.6 Å². The lowest BCUT2D eigenvalue weighted by Gasteiger charge is -2.35. The highest BCUT2D eigenvalue weighted by molar-refractivity contribution is 5.95. The molecule has 1 fully saturated rings. The van der Waals surface area contributed by atoms with Gasteiger partial charge in [-0.05, 0) is 20.0 Å². The largest absolute Gasteiger partial charge is 0.388 e. The molecule has 21 heavy (non-hydrogen) atoms. The van der Waals surface area contributed by atoms with Crippen molar-refractivity contribution in [2.45, 2.75) is 31.3 Å². The highest BCUT2D eigenvalue weighted by Gasteiger charge is 2.30. The fourth-order valence-electron chi connectivity index (χ4n) is 2.77. The molecular formula is C17H25NO3. The van der Waals surface area contributed by atoms with Crippen molar-refractivity contribution in [2.24, 2.45) is 0 Å². The van der Waals surface area contributed by atoms with E-state index >= 15 is 0 Å². The Kier molecular flexibility index (Phi) is 5.91. The molecule has 1 aromatic carbocycles. The molecule has 4 nitrogen and oxygen atoms in total. The number of carbonyl (C=O) groups excluding carboxylic acids is 1. The Labute approximate surface area is 126 Å². The summed E-state index contributed by atoms with van der Waals surface area (Å²) in [6.07, 6.45) is 2.76. The first-order valence-electron chi connectivity index (χ1n) is 7.66. The van der Waals surface area contributed by atoms with Crippen molar-refractivity contribution < 1.29 is 14.6 Å². The van der Waals surface area contributed by atoms with Crippen LogP contribution < -0.4 is 0 Å². The molecule has 1 aliphatic heterocycles. The number of rotatable bonds is 7. The van der Waals surface area contributed by atoms with Crippen molar-refractivity contribution in [2.75, 3.05) is 33.4 Å². The maximum atomic E-state index is 12.0. The first kappa shape index (κ1) is 16.1. The van der Waals surface area contributed by atoms with Gasteiger partial charge in [-0.1, -0.05) is 30.3 Å². The molecule has 0 radical (unpaired) electrons. The summed E-state index contributed by atoms with van der Waals surface area (Å²) in [5.41, 5.74) is 0.152. The zero-order chi connectivity index (χ0) is 15.1. The number of hydrogen-bond acceptors (Lipinski definition) is 4. The average molecular weight is 291 g/mol. The van der Waals surface area contributed by atoms with Crippen LogP contribution in [0.3, 0.4) is 0 Å². The standard InChI is InChI=1S/C17H25NO3/c1-18(14-17(20)9-12-21-13-10-17)11-5-8-16(19)15-6-3-2-4-7-15/h2-4,6-7,20H,5,8-14H2,1H3. The SMILES string of the molecule is CN(CCCC(=O)c1ccccc1)CC1(O)CCOCC1. The van der Waals surface area contributed by atoms with Gasteiger partial charge in [-0.3, -0.25) is 4.79 Å². The van der Waals surface area contributed by atoms with Gasteiger partial charge in [0.05, 0.1) is 5.60 Å². The number of aliphatic hydroxyl groups is 1. The van der Waals surface area contributed by atoms with E-state index in [9.17, 15) is 9.90 Å². The maximum Gasteiger partial charge on any atom is 0.162 e. The number of carbonyl (C=O) groups is 1. The van der Waals surface area contributed by atoms with Crippen LogP contribution in [0, 0.1) is 0 Å². The van der Waals surface area contributed by atoms with E-state index in [1.54, 1.807) is 0 Å². The molecule has 0 amide bonds. The molecule has 1 saturated heterocycles. The molecule has 0 saturated carbocycles. The molecular weight excluding hydrogens is 266 g/mol. The minimum atomic E-state index is -0.629. The lowest BCUT2D eigenvalue weighted by atomic mass is 9.94. The highest BCUT2D eigenvalue weighted by Crippen LogP contribution is 2.21. The quantitative estimate of drug-likeness (QED) is 0.782. The lowest BCUT2D eigenvalue weighted by Crippen LogP contribution is -2.45. The molecule has 4 heteroatoms. The van der Waals surface area contributed by atoms with E-state index in [4.69, 9.17) is 4.74 Å². The second-order valence-corrected chi connectivity index (χ2v) is 5.97. The van der Waals surface area contributed by atoms with E-state index in [0.29, 0.717) is 39.0 Å². The fraction of sp³-hybridized carbons (Fsp3) is 0.588. The van der Waals surface area contributed by atoms with Gasteiger partial charge in [0.25, 0.3) is 0 Å². The summed E-state index contributed by atoms with van der Waals surface area (Å²) >= 11 is 0. The third-order valence-corrected chi connectivity index (χ3v) is 4.03. The molecule has 1 aliphatic rings. The number of ether oxygens (including phenoxy) is 1. The molecule has 0 bridgehead atoms. The summed E-state index contributed by atoms with van der Waals surface area (Å²) in [6.45, 7) is 2.74. The van der Waals surface area contributed by atoms with Crippen molar-refractivity contribution in [3.05, 3.63) is 35.9 Å². The Morgan fingerprint density at radius 2 is 1.95 bits per heavy atom. The van der Waals surface area contributed by atoms with Crippen LogP contribution in [0.4, 0.5) is 0 Å². The second-order valence-electron chi connectivity index (χ2n) is 5.97. The molecule has 0 aliphatic carbocycles. The van der Waals surface area contributed by atoms with E-state index in [1.165, 1.54) is 0 Å². The topological polar surface area (TPSA) is 49.8 Å². The zero-order valence-corrected chi connectivity index (χ0v) is 12.8. The number of ketones is 1. The minimum Gasteiger partial charge on any atom is -0.388 e. The summed E-state index contributed by atoms with van der Waals surface area (Å²) in [7, 11) is 2.00. The van der Waals surface area contributed by atoms with Crippen molar-refractivity contribution in [1.82, 2.24) is 4.90 Å². The fourth-order valence-corrected chi connectivity index (χ4v) is 2.77. The maximum absolute atomic E-state index is 12.0. The monoisotopic (exact) mass is 291 g/mol.